The summed E-state index contributed by atoms with van der Waals surface area (Å²) >= 11 is 5.68. The van der Waals surface area contributed by atoms with Crippen molar-refractivity contribution in [3.63, 3.8) is 0 Å². The van der Waals surface area contributed by atoms with Gasteiger partial charge < -0.3 is 4.74 Å². The molecule has 2 aromatic carbocycles. The summed E-state index contributed by atoms with van der Waals surface area (Å²) in [7, 11) is 0. The van der Waals surface area contributed by atoms with Gasteiger partial charge in [-0.1, -0.05) is 23.7 Å². The third kappa shape index (κ3) is 3.59. The molecule has 0 aromatic heterocycles. The van der Waals surface area contributed by atoms with Crippen LogP contribution in [0.15, 0.2) is 42.5 Å². The Morgan fingerprint density at radius 1 is 1.32 bits per heavy atom. The number of rotatable bonds is 4. The second kappa shape index (κ2) is 6.70. The molecule has 7 heteroatoms. The van der Waals surface area contributed by atoms with Gasteiger partial charge in [-0.25, -0.2) is 4.79 Å². The van der Waals surface area contributed by atoms with Gasteiger partial charge in [-0.15, -0.1) is 0 Å². The minimum Gasteiger partial charge on any atom is -0.457 e. The van der Waals surface area contributed by atoms with Crippen molar-refractivity contribution < 1.29 is 14.5 Å². The Labute approximate surface area is 130 Å². The molecule has 0 saturated carbocycles. The summed E-state index contributed by atoms with van der Waals surface area (Å²) in [4.78, 5) is 22.0. The first-order chi connectivity index (χ1) is 10.5. The van der Waals surface area contributed by atoms with E-state index in [1.165, 1.54) is 12.1 Å². The van der Waals surface area contributed by atoms with E-state index in [9.17, 15) is 14.9 Å². The highest BCUT2D eigenvalue weighted by Crippen LogP contribution is 2.25. The number of hydrogen-bond donors (Lipinski definition) is 0. The number of nitriles is 1. The smallest absolute Gasteiger partial charge is 0.338 e. The van der Waals surface area contributed by atoms with Crippen LogP contribution in [0.1, 0.15) is 21.5 Å². The molecule has 0 atom stereocenters. The number of carbonyl (C=O) groups is 1. The average molecular weight is 317 g/mol. The average Bonchev–Trinajstić information content (AvgIpc) is 2.53. The van der Waals surface area contributed by atoms with Crippen LogP contribution in [-0.4, -0.2) is 10.9 Å². The molecule has 6 nitrogen and oxygen atoms in total. The number of halogens is 1. The first-order valence-corrected chi connectivity index (χ1v) is 6.49. The molecule has 0 heterocycles. The molecule has 0 aliphatic rings. The zero-order valence-electron chi connectivity index (χ0n) is 11.2. The number of nitrogens with zero attached hydrogens (tertiary/aromatic N) is 2. The SMILES string of the molecule is N#Cc1cccc(COC(=O)c2ccc(Cl)c([N+](=O)[O-])c2)c1. The number of nitro benzene ring substituents is 1. The number of nitro groups is 1. The monoisotopic (exact) mass is 316 g/mol. The molecule has 110 valence electrons. The van der Waals surface area contributed by atoms with Crippen LogP contribution in [-0.2, 0) is 11.3 Å². The van der Waals surface area contributed by atoms with E-state index in [2.05, 4.69) is 0 Å². The molecule has 22 heavy (non-hydrogen) atoms. The van der Waals surface area contributed by atoms with E-state index in [1.807, 2.05) is 6.07 Å². The van der Waals surface area contributed by atoms with E-state index in [0.29, 0.717) is 11.1 Å². The zero-order chi connectivity index (χ0) is 16.1. The van der Waals surface area contributed by atoms with Crippen molar-refractivity contribution in [2.45, 2.75) is 6.61 Å². The molecule has 0 N–H and O–H groups in total. The second-order valence-electron chi connectivity index (χ2n) is 4.31. The summed E-state index contributed by atoms with van der Waals surface area (Å²) in [5, 5.41) is 19.5. The van der Waals surface area contributed by atoms with Gasteiger partial charge in [0.1, 0.15) is 11.6 Å². The fraction of sp³-hybridized carbons (Fsp3) is 0.0667. The summed E-state index contributed by atoms with van der Waals surface area (Å²) in [6.45, 7) is -0.0369. The predicted octanol–water partition coefficient (Wildman–Crippen LogP) is 3.48. The lowest BCUT2D eigenvalue weighted by molar-refractivity contribution is -0.384. The van der Waals surface area contributed by atoms with E-state index in [-0.39, 0.29) is 22.9 Å². The number of esters is 1. The van der Waals surface area contributed by atoms with Crippen molar-refractivity contribution in [2.24, 2.45) is 0 Å². The van der Waals surface area contributed by atoms with Crippen LogP contribution < -0.4 is 0 Å². The van der Waals surface area contributed by atoms with Gasteiger partial charge in [-0.2, -0.15) is 5.26 Å². The largest absolute Gasteiger partial charge is 0.457 e. The lowest BCUT2D eigenvalue weighted by Crippen LogP contribution is -2.06. The number of hydrogen-bond acceptors (Lipinski definition) is 5. The predicted molar refractivity (Wildman–Crippen MR) is 78.4 cm³/mol. The molecule has 0 saturated heterocycles. The fourth-order valence-electron chi connectivity index (χ4n) is 1.74. The molecular formula is C15H9ClN2O4. The lowest BCUT2D eigenvalue weighted by Gasteiger charge is -2.05. The van der Waals surface area contributed by atoms with E-state index in [0.717, 1.165) is 6.07 Å². The van der Waals surface area contributed by atoms with Gasteiger partial charge in [0.15, 0.2) is 0 Å². The second-order valence-corrected chi connectivity index (χ2v) is 4.72. The van der Waals surface area contributed by atoms with Crippen molar-refractivity contribution >= 4 is 23.3 Å². The van der Waals surface area contributed by atoms with Gasteiger partial charge >= 0.3 is 5.97 Å². The summed E-state index contributed by atoms with van der Waals surface area (Å²) in [5.41, 5.74) is 0.779. The molecule has 0 aliphatic heterocycles. The Hall–Kier alpha value is -2.91. The maximum absolute atomic E-state index is 11.9. The standard InChI is InChI=1S/C15H9ClN2O4/c16-13-5-4-12(7-14(13)18(20)21)15(19)22-9-11-3-1-2-10(6-11)8-17/h1-7H,9H2. The summed E-state index contributed by atoms with van der Waals surface area (Å²) < 4.78 is 5.07. The summed E-state index contributed by atoms with van der Waals surface area (Å²) in [6.07, 6.45) is 0. The molecule has 0 amide bonds. The molecule has 2 aromatic rings. The topological polar surface area (TPSA) is 93.2 Å². The van der Waals surface area contributed by atoms with Crippen LogP contribution in [0.25, 0.3) is 0 Å². The van der Waals surface area contributed by atoms with Crippen molar-refractivity contribution in [3.8, 4) is 6.07 Å². The third-order valence-electron chi connectivity index (χ3n) is 2.80. The maximum atomic E-state index is 11.9. The Kier molecular flexibility index (Phi) is 4.71. The van der Waals surface area contributed by atoms with E-state index in [1.54, 1.807) is 24.3 Å². The van der Waals surface area contributed by atoms with Crippen LogP contribution >= 0.6 is 11.6 Å². The Morgan fingerprint density at radius 2 is 2.09 bits per heavy atom. The van der Waals surface area contributed by atoms with Crippen molar-refractivity contribution in [3.05, 3.63) is 74.3 Å². The van der Waals surface area contributed by atoms with E-state index >= 15 is 0 Å². The first-order valence-electron chi connectivity index (χ1n) is 6.11. The molecular weight excluding hydrogens is 308 g/mol. The van der Waals surface area contributed by atoms with Gasteiger partial charge in [-0.3, -0.25) is 10.1 Å². The van der Waals surface area contributed by atoms with Crippen LogP contribution in [0.4, 0.5) is 5.69 Å². The molecule has 0 aliphatic carbocycles. The van der Waals surface area contributed by atoms with Crippen molar-refractivity contribution in [1.29, 1.82) is 5.26 Å². The van der Waals surface area contributed by atoms with Crippen LogP contribution in [0, 0.1) is 21.4 Å². The Bertz CT molecular complexity index is 783. The number of ether oxygens (including phenoxy) is 1. The van der Waals surface area contributed by atoms with E-state index in [4.69, 9.17) is 21.6 Å². The lowest BCUT2D eigenvalue weighted by atomic mass is 10.1. The third-order valence-corrected chi connectivity index (χ3v) is 3.12. The molecule has 0 spiro atoms. The minimum atomic E-state index is -0.706. The van der Waals surface area contributed by atoms with Crippen molar-refractivity contribution in [1.82, 2.24) is 0 Å². The van der Waals surface area contributed by atoms with E-state index < -0.39 is 10.9 Å². The fourth-order valence-corrected chi connectivity index (χ4v) is 1.93. The highest BCUT2D eigenvalue weighted by molar-refractivity contribution is 6.32. The first kappa shape index (κ1) is 15.5. The zero-order valence-corrected chi connectivity index (χ0v) is 11.9. The molecule has 0 unspecified atom stereocenters. The van der Waals surface area contributed by atoms with Crippen molar-refractivity contribution in [2.75, 3.05) is 0 Å². The summed E-state index contributed by atoms with van der Waals surface area (Å²) in [5.74, 6) is -0.706. The minimum absolute atomic E-state index is 0.0348. The molecule has 0 fully saturated rings. The molecule has 0 bridgehead atoms. The number of benzene rings is 2. The van der Waals surface area contributed by atoms with Crippen LogP contribution in [0.5, 0.6) is 0 Å². The number of carbonyl (C=O) groups excluding carboxylic acids is 1. The highest BCUT2D eigenvalue weighted by Gasteiger charge is 2.17. The highest BCUT2D eigenvalue weighted by atomic mass is 35.5. The van der Waals surface area contributed by atoms with Gasteiger partial charge in [0, 0.05) is 6.07 Å². The van der Waals surface area contributed by atoms with Crippen LogP contribution in [0.2, 0.25) is 5.02 Å². The van der Waals surface area contributed by atoms with Gasteiger partial charge in [-0.05, 0) is 29.8 Å². The maximum Gasteiger partial charge on any atom is 0.338 e. The quantitative estimate of drug-likeness (QED) is 0.489. The molecule has 2 rings (SSSR count). The Balaban J connectivity index is 2.11. The Morgan fingerprint density at radius 3 is 2.77 bits per heavy atom. The molecule has 0 radical (unpaired) electrons. The van der Waals surface area contributed by atoms with Crippen LogP contribution in [0.3, 0.4) is 0 Å². The summed E-state index contributed by atoms with van der Waals surface area (Å²) in [6, 6.07) is 12.3. The van der Waals surface area contributed by atoms with Gasteiger partial charge in [0.05, 0.1) is 22.1 Å². The normalized spacial score (nSPS) is 9.82. The van der Waals surface area contributed by atoms with Gasteiger partial charge in [0.2, 0.25) is 0 Å². The van der Waals surface area contributed by atoms with Gasteiger partial charge in [0.25, 0.3) is 5.69 Å².